The van der Waals surface area contributed by atoms with Gasteiger partial charge in [0.25, 0.3) is 0 Å². The smallest absolute Gasteiger partial charge is 0.320 e. The van der Waals surface area contributed by atoms with Gasteiger partial charge >= 0.3 is 6.03 Å². The largest absolute Gasteiger partial charge is 0.481 e. The van der Waals surface area contributed by atoms with E-state index >= 15 is 0 Å². The number of nitrogens with zero attached hydrogens (tertiary/aromatic N) is 2. The summed E-state index contributed by atoms with van der Waals surface area (Å²) in [5.41, 5.74) is 2.69. The molecule has 2 aromatic rings. The molecule has 6 heteroatoms. The first kappa shape index (κ1) is 13.4. The van der Waals surface area contributed by atoms with Crippen LogP contribution in [-0.2, 0) is 6.42 Å². The topological polar surface area (TPSA) is 76.1 Å². The van der Waals surface area contributed by atoms with Crippen LogP contribution >= 0.6 is 0 Å². The molecule has 1 aliphatic carbocycles. The van der Waals surface area contributed by atoms with Crippen LogP contribution in [-0.4, -0.2) is 29.7 Å². The summed E-state index contributed by atoms with van der Waals surface area (Å²) in [6.07, 6.45) is 2.36. The summed E-state index contributed by atoms with van der Waals surface area (Å²) >= 11 is 0. The molecule has 1 aromatic heterocycles. The van der Waals surface area contributed by atoms with Gasteiger partial charge < -0.3 is 10.1 Å². The molecule has 1 aromatic carbocycles. The molecule has 1 aliphatic rings. The van der Waals surface area contributed by atoms with Gasteiger partial charge in [-0.15, -0.1) is 0 Å². The van der Waals surface area contributed by atoms with Crippen molar-refractivity contribution in [2.75, 3.05) is 19.0 Å². The Balaban J connectivity index is 1.51. The highest BCUT2D eigenvalue weighted by molar-refractivity contribution is 5.88. The van der Waals surface area contributed by atoms with Crippen molar-refractivity contribution >= 4 is 11.8 Å². The quantitative estimate of drug-likeness (QED) is 0.899. The van der Waals surface area contributed by atoms with Gasteiger partial charge in [0.2, 0.25) is 5.88 Å². The lowest BCUT2D eigenvalue weighted by Crippen LogP contribution is -2.36. The van der Waals surface area contributed by atoms with E-state index in [1.165, 1.54) is 24.6 Å². The van der Waals surface area contributed by atoms with Crippen molar-refractivity contribution in [1.82, 2.24) is 15.3 Å². The minimum Gasteiger partial charge on any atom is -0.481 e. The first-order valence-electron chi connectivity index (χ1n) is 6.75. The number of methoxy groups -OCH3 is 1. The maximum atomic E-state index is 11.8. The molecule has 2 N–H and O–H groups in total. The molecule has 0 bridgehead atoms. The zero-order valence-corrected chi connectivity index (χ0v) is 11.7. The van der Waals surface area contributed by atoms with E-state index in [4.69, 9.17) is 4.74 Å². The van der Waals surface area contributed by atoms with Crippen LogP contribution in [0.2, 0.25) is 0 Å². The fourth-order valence-corrected chi connectivity index (χ4v) is 2.44. The monoisotopic (exact) mass is 284 g/mol. The predicted molar refractivity (Wildman–Crippen MR) is 78.5 cm³/mol. The number of carbonyl (C=O) groups is 1. The normalized spacial score (nSPS) is 15.6. The first-order valence-corrected chi connectivity index (χ1v) is 6.75. The van der Waals surface area contributed by atoms with Crippen LogP contribution in [0.4, 0.5) is 10.6 Å². The first-order chi connectivity index (χ1) is 10.3. The Kier molecular flexibility index (Phi) is 3.68. The fourth-order valence-electron chi connectivity index (χ4n) is 2.44. The van der Waals surface area contributed by atoms with Crippen molar-refractivity contribution in [3.63, 3.8) is 0 Å². The number of benzene rings is 1. The molecule has 3 rings (SSSR count). The van der Waals surface area contributed by atoms with E-state index in [0.29, 0.717) is 24.2 Å². The average molecular weight is 284 g/mol. The standard InChI is InChI=1S/C15H16N4O2/c1-21-14-7-13(17-9-18-14)19-15(20)16-8-11-6-10-4-2-3-5-12(10)11/h2-5,7,9,11H,6,8H2,1H3,(H2,16,17,18,19,20)/t11-/m0/s1. The molecular weight excluding hydrogens is 268 g/mol. The van der Waals surface area contributed by atoms with E-state index in [2.05, 4.69) is 32.7 Å². The molecule has 0 aliphatic heterocycles. The molecule has 2 amide bonds. The van der Waals surface area contributed by atoms with Crippen molar-refractivity contribution in [3.05, 3.63) is 47.8 Å². The van der Waals surface area contributed by atoms with E-state index in [9.17, 15) is 4.79 Å². The maximum absolute atomic E-state index is 11.8. The summed E-state index contributed by atoms with van der Waals surface area (Å²) in [6.45, 7) is 0.616. The lowest BCUT2D eigenvalue weighted by molar-refractivity contribution is 0.251. The van der Waals surface area contributed by atoms with Crippen LogP contribution < -0.4 is 15.4 Å². The van der Waals surface area contributed by atoms with Gasteiger partial charge in [-0.05, 0) is 17.5 Å². The Labute approximate surface area is 122 Å². The second-order valence-electron chi connectivity index (χ2n) is 4.88. The van der Waals surface area contributed by atoms with Gasteiger partial charge in [0, 0.05) is 18.5 Å². The van der Waals surface area contributed by atoms with E-state index in [1.807, 2.05) is 12.1 Å². The van der Waals surface area contributed by atoms with Gasteiger partial charge in [-0.3, -0.25) is 5.32 Å². The summed E-state index contributed by atoms with van der Waals surface area (Å²) < 4.78 is 4.98. The van der Waals surface area contributed by atoms with Gasteiger partial charge in [0.05, 0.1) is 7.11 Å². The van der Waals surface area contributed by atoms with Crippen molar-refractivity contribution < 1.29 is 9.53 Å². The van der Waals surface area contributed by atoms with E-state index < -0.39 is 0 Å². The summed E-state index contributed by atoms with van der Waals surface area (Å²) in [6, 6.07) is 9.59. The third-order valence-electron chi connectivity index (χ3n) is 3.56. The number of aromatic nitrogens is 2. The van der Waals surface area contributed by atoms with Gasteiger partial charge in [-0.25, -0.2) is 14.8 Å². The Morgan fingerprint density at radius 1 is 1.38 bits per heavy atom. The number of urea groups is 1. The van der Waals surface area contributed by atoms with Gasteiger partial charge in [0.15, 0.2) is 0 Å². The van der Waals surface area contributed by atoms with Crippen molar-refractivity contribution in [2.45, 2.75) is 12.3 Å². The Morgan fingerprint density at radius 3 is 3.05 bits per heavy atom. The average Bonchev–Trinajstić information content (AvgIpc) is 2.48. The van der Waals surface area contributed by atoms with Crippen molar-refractivity contribution in [1.29, 1.82) is 0 Å². The molecule has 0 fully saturated rings. The lowest BCUT2D eigenvalue weighted by atomic mass is 9.78. The number of anilines is 1. The number of nitrogens with one attached hydrogen (secondary N) is 2. The highest BCUT2D eigenvalue weighted by atomic mass is 16.5. The zero-order valence-electron chi connectivity index (χ0n) is 11.7. The number of carbonyl (C=O) groups excluding carboxylic acids is 1. The van der Waals surface area contributed by atoms with Crippen LogP contribution in [0.15, 0.2) is 36.7 Å². The van der Waals surface area contributed by atoms with Gasteiger partial charge in [0.1, 0.15) is 12.1 Å². The molecule has 21 heavy (non-hydrogen) atoms. The number of ether oxygens (including phenoxy) is 1. The summed E-state index contributed by atoms with van der Waals surface area (Å²) in [7, 11) is 1.51. The van der Waals surface area contributed by atoms with Gasteiger partial charge in [-0.1, -0.05) is 24.3 Å². The molecule has 1 atom stereocenters. The molecule has 0 saturated heterocycles. The van der Waals surface area contributed by atoms with Crippen LogP contribution in [0, 0.1) is 0 Å². The third-order valence-corrected chi connectivity index (χ3v) is 3.56. The molecule has 0 radical (unpaired) electrons. The number of fused-ring (bicyclic) bond motifs is 1. The minimum absolute atomic E-state index is 0.278. The highest BCUT2D eigenvalue weighted by Crippen LogP contribution is 2.33. The van der Waals surface area contributed by atoms with Crippen LogP contribution in [0.1, 0.15) is 17.0 Å². The van der Waals surface area contributed by atoms with Gasteiger partial charge in [-0.2, -0.15) is 0 Å². The number of rotatable bonds is 4. The summed E-state index contributed by atoms with van der Waals surface area (Å²) in [5, 5.41) is 5.52. The molecule has 0 saturated carbocycles. The second-order valence-corrected chi connectivity index (χ2v) is 4.88. The zero-order chi connectivity index (χ0) is 14.7. The van der Waals surface area contributed by atoms with Crippen molar-refractivity contribution in [2.24, 2.45) is 0 Å². The Bertz CT molecular complexity index is 660. The van der Waals surface area contributed by atoms with E-state index in [1.54, 1.807) is 6.07 Å². The number of amides is 2. The third kappa shape index (κ3) is 2.94. The minimum atomic E-state index is -0.278. The van der Waals surface area contributed by atoms with E-state index in [-0.39, 0.29) is 6.03 Å². The summed E-state index contributed by atoms with van der Waals surface area (Å²) in [5.74, 6) is 1.22. The SMILES string of the molecule is COc1cc(NC(=O)NC[C@@H]2Cc3ccccc32)ncn1. The number of hydrogen-bond donors (Lipinski definition) is 2. The summed E-state index contributed by atoms with van der Waals surface area (Å²) in [4.78, 5) is 19.7. The highest BCUT2D eigenvalue weighted by Gasteiger charge is 2.25. The number of hydrogen-bond acceptors (Lipinski definition) is 4. The molecule has 0 spiro atoms. The molecule has 108 valence electrons. The van der Waals surface area contributed by atoms with Crippen molar-refractivity contribution in [3.8, 4) is 5.88 Å². The maximum Gasteiger partial charge on any atom is 0.320 e. The Morgan fingerprint density at radius 2 is 2.24 bits per heavy atom. The Hall–Kier alpha value is -2.63. The molecule has 6 nitrogen and oxygen atoms in total. The second kappa shape index (κ2) is 5.78. The molecular formula is C15H16N4O2. The van der Waals surface area contributed by atoms with Crippen LogP contribution in [0.5, 0.6) is 5.88 Å². The lowest BCUT2D eigenvalue weighted by Gasteiger charge is -2.30. The molecule has 1 heterocycles. The van der Waals surface area contributed by atoms with E-state index in [0.717, 1.165) is 6.42 Å². The van der Waals surface area contributed by atoms with Crippen LogP contribution in [0.3, 0.4) is 0 Å². The molecule has 0 unspecified atom stereocenters. The van der Waals surface area contributed by atoms with Crippen LogP contribution in [0.25, 0.3) is 0 Å². The predicted octanol–water partition coefficient (Wildman–Crippen LogP) is 1.95. The fraction of sp³-hybridized carbons (Fsp3) is 0.267.